The maximum absolute atomic E-state index is 5.83. The summed E-state index contributed by atoms with van der Waals surface area (Å²) in [7, 11) is -0.255. The molecule has 0 unspecified atom stereocenters. The van der Waals surface area contributed by atoms with Crippen LogP contribution in [0.25, 0.3) is 0 Å². The summed E-state index contributed by atoms with van der Waals surface area (Å²) in [6.45, 7) is 10.2. The van der Waals surface area contributed by atoms with Crippen molar-refractivity contribution >= 4 is 9.76 Å². The predicted octanol–water partition coefficient (Wildman–Crippen LogP) is 4.61. The van der Waals surface area contributed by atoms with Gasteiger partial charge in [-0.05, 0) is 39.7 Å². The molecule has 0 aromatic heterocycles. The van der Waals surface area contributed by atoms with Gasteiger partial charge in [0, 0.05) is 5.60 Å². The highest BCUT2D eigenvalue weighted by Crippen LogP contribution is 2.11. The highest BCUT2D eigenvalue weighted by molar-refractivity contribution is 6.27. The van der Waals surface area contributed by atoms with Gasteiger partial charge in [0.2, 0.25) is 0 Å². The van der Waals surface area contributed by atoms with Crippen LogP contribution in [0.1, 0.15) is 72.1 Å². The molecular formula is C15H32OSi. The molecule has 0 heterocycles. The van der Waals surface area contributed by atoms with E-state index in [1.54, 1.807) is 0 Å². The van der Waals surface area contributed by atoms with Crippen molar-refractivity contribution in [3.63, 3.8) is 0 Å². The van der Waals surface area contributed by atoms with E-state index in [2.05, 4.69) is 27.4 Å². The molecule has 0 aliphatic carbocycles. The number of hydrogen-bond donors (Lipinski definition) is 0. The first-order chi connectivity index (χ1) is 8.06. The van der Waals surface area contributed by atoms with Crippen molar-refractivity contribution < 1.29 is 4.43 Å². The molecule has 2 heteroatoms. The van der Waals surface area contributed by atoms with E-state index in [0.717, 1.165) is 0 Å². The zero-order valence-electron chi connectivity index (χ0n) is 12.3. The van der Waals surface area contributed by atoms with Crippen molar-refractivity contribution in [1.82, 2.24) is 0 Å². The molecule has 0 aromatic rings. The number of hydrogen-bond acceptors (Lipinski definition) is 1. The van der Waals surface area contributed by atoms with Gasteiger partial charge in [0.05, 0.1) is 0 Å². The molecule has 0 spiro atoms. The highest BCUT2D eigenvalue weighted by atomic mass is 28.2. The summed E-state index contributed by atoms with van der Waals surface area (Å²) in [5.41, 5.74) is 0.0946. The molecular weight excluding hydrogens is 224 g/mol. The standard InChI is InChI=1S/C15H32OSi/c1-5-6-7-8-9-10-11-12-13-14-17-16-15(2,3)4/h5H,1,6-14,17H2,2-4H3. The van der Waals surface area contributed by atoms with Gasteiger partial charge in [-0.15, -0.1) is 6.58 Å². The lowest BCUT2D eigenvalue weighted by Crippen LogP contribution is -2.21. The van der Waals surface area contributed by atoms with Crippen LogP contribution in [0.15, 0.2) is 12.7 Å². The molecule has 0 amide bonds. The molecule has 102 valence electrons. The zero-order valence-corrected chi connectivity index (χ0v) is 13.7. The lowest BCUT2D eigenvalue weighted by Gasteiger charge is -2.19. The van der Waals surface area contributed by atoms with Gasteiger partial charge in [-0.25, -0.2) is 0 Å². The fraction of sp³-hybridized carbons (Fsp3) is 0.867. The number of allylic oxidation sites excluding steroid dienone is 1. The second kappa shape index (κ2) is 11.0. The van der Waals surface area contributed by atoms with E-state index in [1.807, 2.05) is 6.08 Å². The van der Waals surface area contributed by atoms with Crippen LogP contribution in [0.5, 0.6) is 0 Å². The maximum atomic E-state index is 5.83. The summed E-state index contributed by atoms with van der Waals surface area (Å²) >= 11 is 0. The largest absolute Gasteiger partial charge is 0.419 e. The van der Waals surface area contributed by atoms with E-state index >= 15 is 0 Å². The minimum absolute atomic E-state index is 0.0946. The quantitative estimate of drug-likeness (QED) is 0.298. The normalized spacial score (nSPS) is 12.4. The highest BCUT2D eigenvalue weighted by Gasteiger charge is 2.08. The minimum Gasteiger partial charge on any atom is -0.419 e. The van der Waals surface area contributed by atoms with Crippen molar-refractivity contribution in [2.45, 2.75) is 83.8 Å². The molecule has 0 bridgehead atoms. The van der Waals surface area contributed by atoms with E-state index in [0.29, 0.717) is 0 Å². The van der Waals surface area contributed by atoms with Gasteiger partial charge >= 0.3 is 0 Å². The van der Waals surface area contributed by atoms with Crippen LogP contribution in [0.3, 0.4) is 0 Å². The lowest BCUT2D eigenvalue weighted by molar-refractivity contribution is 0.138. The van der Waals surface area contributed by atoms with Crippen molar-refractivity contribution in [2.24, 2.45) is 0 Å². The molecule has 0 saturated heterocycles. The van der Waals surface area contributed by atoms with Crippen LogP contribution in [-0.4, -0.2) is 15.4 Å². The van der Waals surface area contributed by atoms with Crippen molar-refractivity contribution in [1.29, 1.82) is 0 Å². The van der Waals surface area contributed by atoms with Gasteiger partial charge in [0.15, 0.2) is 9.76 Å². The predicted molar refractivity (Wildman–Crippen MR) is 81.3 cm³/mol. The van der Waals surface area contributed by atoms with E-state index in [9.17, 15) is 0 Å². The Hall–Kier alpha value is -0.0831. The number of unbranched alkanes of at least 4 members (excludes halogenated alkanes) is 7. The fourth-order valence-corrected chi connectivity index (χ4v) is 3.14. The maximum Gasteiger partial charge on any atom is 0.162 e. The average Bonchev–Trinajstić information content (AvgIpc) is 2.24. The average molecular weight is 257 g/mol. The Balaban J connectivity index is 3.01. The van der Waals surface area contributed by atoms with Crippen LogP contribution in [0, 0.1) is 0 Å². The third-order valence-corrected chi connectivity index (χ3v) is 4.70. The van der Waals surface area contributed by atoms with Gasteiger partial charge < -0.3 is 4.43 Å². The molecule has 0 rings (SSSR count). The molecule has 0 aliphatic heterocycles. The molecule has 0 saturated carbocycles. The summed E-state index contributed by atoms with van der Waals surface area (Å²) in [6, 6.07) is 1.35. The van der Waals surface area contributed by atoms with E-state index in [-0.39, 0.29) is 15.4 Å². The first kappa shape index (κ1) is 16.9. The molecule has 0 aromatic carbocycles. The zero-order chi connectivity index (χ0) is 13.0. The Labute approximate surface area is 111 Å². The smallest absolute Gasteiger partial charge is 0.162 e. The van der Waals surface area contributed by atoms with Gasteiger partial charge in [-0.2, -0.15) is 0 Å². The van der Waals surface area contributed by atoms with Gasteiger partial charge in [-0.1, -0.05) is 44.6 Å². The SMILES string of the molecule is C=CCCCCCCCCC[SiH2]OC(C)(C)C. The minimum atomic E-state index is -0.255. The summed E-state index contributed by atoms with van der Waals surface area (Å²) in [4.78, 5) is 0. The number of rotatable bonds is 11. The Morgan fingerprint density at radius 1 is 0.941 bits per heavy atom. The summed E-state index contributed by atoms with van der Waals surface area (Å²) in [5.74, 6) is 0. The Kier molecular flexibility index (Phi) is 11.0. The summed E-state index contributed by atoms with van der Waals surface area (Å²) in [5, 5.41) is 0. The van der Waals surface area contributed by atoms with Crippen LogP contribution in [-0.2, 0) is 4.43 Å². The lowest BCUT2D eigenvalue weighted by atomic mass is 10.1. The van der Waals surface area contributed by atoms with Crippen LogP contribution < -0.4 is 0 Å². The molecule has 0 aliphatic rings. The van der Waals surface area contributed by atoms with Crippen molar-refractivity contribution in [2.75, 3.05) is 0 Å². The van der Waals surface area contributed by atoms with Crippen molar-refractivity contribution in [3.05, 3.63) is 12.7 Å². The topological polar surface area (TPSA) is 9.23 Å². The summed E-state index contributed by atoms with van der Waals surface area (Å²) in [6.07, 6.45) is 13.0. The Morgan fingerprint density at radius 3 is 2.00 bits per heavy atom. The molecule has 0 radical (unpaired) electrons. The van der Waals surface area contributed by atoms with E-state index < -0.39 is 0 Å². The molecule has 0 atom stereocenters. The van der Waals surface area contributed by atoms with Gasteiger partial charge in [0.25, 0.3) is 0 Å². The van der Waals surface area contributed by atoms with E-state index in [1.165, 1.54) is 57.4 Å². The molecule has 1 nitrogen and oxygen atoms in total. The second-order valence-corrected chi connectivity index (χ2v) is 7.27. The molecule has 0 fully saturated rings. The Bertz CT molecular complexity index is 172. The van der Waals surface area contributed by atoms with Crippen molar-refractivity contribution in [3.8, 4) is 0 Å². The van der Waals surface area contributed by atoms with E-state index in [4.69, 9.17) is 4.43 Å². The van der Waals surface area contributed by atoms with Gasteiger partial charge in [0.1, 0.15) is 0 Å². The van der Waals surface area contributed by atoms with Crippen LogP contribution in [0.4, 0.5) is 0 Å². The first-order valence-electron chi connectivity index (χ1n) is 7.31. The van der Waals surface area contributed by atoms with Crippen LogP contribution in [0.2, 0.25) is 6.04 Å². The third-order valence-electron chi connectivity index (χ3n) is 2.84. The van der Waals surface area contributed by atoms with Gasteiger partial charge in [-0.3, -0.25) is 0 Å². The Morgan fingerprint density at radius 2 is 1.47 bits per heavy atom. The first-order valence-corrected chi connectivity index (χ1v) is 8.89. The molecule has 0 N–H and O–H groups in total. The third kappa shape index (κ3) is 15.9. The monoisotopic (exact) mass is 256 g/mol. The molecule has 17 heavy (non-hydrogen) atoms. The van der Waals surface area contributed by atoms with Crippen LogP contribution >= 0.6 is 0 Å². The summed E-state index contributed by atoms with van der Waals surface area (Å²) < 4.78 is 5.83. The fourth-order valence-electron chi connectivity index (χ4n) is 1.83. The second-order valence-electron chi connectivity index (χ2n) is 5.87.